The van der Waals surface area contributed by atoms with Crippen LogP contribution in [0.3, 0.4) is 0 Å². The number of carbonyl (C=O) groups is 4. The average Bonchev–Trinajstić information content (AvgIpc) is 2.46. The van der Waals surface area contributed by atoms with E-state index in [9.17, 15) is 19.2 Å². The van der Waals surface area contributed by atoms with Crippen LogP contribution < -0.4 is 0 Å². The number of thiol groups is 2. The maximum Gasteiger partial charge on any atom is 0.328 e. The fourth-order valence-corrected chi connectivity index (χ4v) is 0.143. The molecule has 0 saturated carbocycles. The van der Waals surface area contributed by atoms with Crippen molar-refractivity contribution in [2.45, 2.75) is 0 Å². The highest BCUT2D eigenvalue weighted by atomic mass is 32.1. The molecule has 0 saturated heterocycles. The van der Waals surface area contributed by atoms with Gasteiger partial charge in [-0.25, -0.2) is 9.59 Å². The zero-order valence-electron chi connectivity index (χ0n) is 11.2. The molecular weight excluding hydrogens is 344 g/mol. The van der Waals surface area contributed by atoms with E-state index in [0.29, 0.717) is 12.2 Å². The van der Waals surface area contributed by atoms with Gasteiger partial charge >= 0.3 is 23.9 Å². The van der Waals surface area contributed by atoms with Gasteiger partial charge in [-0.15, -0.1) is 0 Å². The molecule has 0 aromatic rings. The van der Waals surface area contributed by atoms with E-state index >= 15 is 0 Å². The van der Waals surface area contributed by atoms with Crippen LogP contribution in [-0.4, -0.2) is 79.2 Å². The molecule has 10 nitrogen and oxygen atoms in total. The Morgan fingerprint density at radius 2 is 0.864 bits per heavy atom. The van der Waals surface area contributed by atoms with Crippen molar-refractivity contribution in [1.29, 1.82) is 0 Å². The highest BCUT2D eigenvalue weighted by Crippen LogP contribution is 1.70. The Hall–Kier alpha value is -1.76. The minimum absolute atomic E-state index is 0.0833. The molecule has 0 heterocycles. The molecule has 12 heteroatoms. The van der Waals surface area contributed by atoms with Crippen molar-refractivity contribution in [2.75, 3.05) is 24.7 Å². The van der Waals surface area contributed by atoms with Gasteiger partial charge in [0.15, 0.2) is 0 Å². The lowest BCUT2D eigenvalue weighted by Gasteiger charge is -1.74. The predicted molar refractivity (Wildman–Crippen MR) is 81.6 cm³/mol. The summed E-state index contributed by atoms with van der Waals surface area (Å²) in [6.07, 6.45) is 1.12. The SMILES string of the molecule is O=C(O)/C=C\C(=O)O.O=C(O)CS.O=C(O)CS.OCCO. The van der Waals surface area contributed by atoms with Gasteiger partial charge in [-0.2, -0.15) is 25.3 Å². The number of carboxylic acid groups (broad SMARTS) is 4. The Labute approximate surface area is 136 Å². The summed E-state index contributed by atoms with van der Waals surface area (Å²) in [5.41, 5.74) is 0. The largest absolute Gasteiger partial charge is 0.481 e. The molecule has 0 atom stereocenters. The molecule has 0 amide bonds. The van der Waals surface area contributed by atoms with E-state index in [1.165, 1.54) is 0 Å². The first-order valence-corrected chi connectivity index (χ1v) is 6.36. The molecule has 0 fully saturated rings. The number of hydrogen-bond acceptors (Lipinski definition) is 8. The number of aliphatic hydroxyl groups excluding tert-OH is 2. The van der Waals surface area contributed by atoms with E-state index in [4.69, 9.17) is 30.6 Å². The third-order valence-electron chi connectivity index (χ3n) is 0.739. The fourth-order valence-electron chi connectivity index (χ4n) is 0.143. The Kier molecular flexibility index (Phi) is 31.3. The second kappa shape index (κ2) is 24.3. The Bertz CT molecular complexity index is 311. The first-order chi connectivity index (χ1) is 10.1. The average molecular weight is 362 g/mol. The third-order valence-corrected chi connectivity index (χ3v) is 1.28. The lowest BCUT2D eigenvalue weighted by atomic mass is 10.5. The molecule has 0 aromatic heterocycles. The van der Waals surface area contributed by atoms with Gasteiger partial charge in [-0.1, -0.05) is 0 Å². The first kappa shape index (κ1) is 28.4. The summed E-state index contributed by atoms with van der Waals surface area (Å²) in [7, 11) is 0. The summed E-state index contributed by atoms with van der Waals surface area (Å²) in [6.45, 7) is -0.250. The summed E-state index contributed by atoms with van der Waals surface area (Å²) < 4.78 is 0. The van der Waals surface area contributed by atoms with Crippen molar-refractivity contribution in [2.24, 2.45) is 0 Å². The van der Waals surface area contributed by atoms with Gasteiger partial charge in [-0.3, -0.25) is 9.59 Å². The normalized spacial score (nSPS) is 8.18. The Balaban J connectivity index is -0.000000102. The van der Waals surface area contributed by atoms with Gasteiger partial charge in [0.05, 0.1) is 24.7 Å². The van der Waals surface area contributed by atoms with Crippen molar-refractivity contribution >= 4 is 49.1 Å². The fraction of sp³-hybridized carbons (Fsp3) is 0.400. The number of rotatable bonds is 5. The molecule has 130 valence electrons. The quantitative estimate of drug-likeness (QED) is 0.215. The number of carboxylic acids is 4. The predicted octanol–water partition coefficient (Wildman–Crippen LogP) is -1.32. The van der Waals surface area contributed by atoms with Crippen molar-refractivity contribution in [3.8, 4) is 0 Å². The molecule has 0 aromatic carbocycles. The minimum Gasteiger partial charge on any atom is -0.481 e. The first-order valence-electron chi connectivity index (χ1n) is 5.09. The summed E-state index contributed by atoms with van der Waals surface area (Å²) in [4.78, 5) is 37.7. The lowest BCUT2D eigenvalue weighted by molar-refractivity contribution is -0.134. The van der Waals surface area contributed by atoms with Gasteiger partial charge in [-0.05, 0) is 0 Å². The second-order valence-corrected chi connectivity index (χ2v) is 3.19. The van der Waals surface area contributed by atoms with Gasteiger partial charge in [0.1, 0.15) is 0 Å². The van der Waals surface area contributed by atoms with Crippen LogP contribution in [0, 0.1) is 0 Å². The van der Waals surface area contributed by atoms with Crippen LogP contribution in [-0.2, 0) is 19.2 Å². The van der Waals surface area contributed by atoms with Gasteiger partial charge in [0.25, 0.3) is 0 Å². The van der Waals surface area contributed by atoms with Crippen LogP contribution in [0.2, 0.25) is 0 Å². The standard InChI is InChI=1S/C4H4O4.2C2H4O2S.C2H6O2/c5-3(6)1-2-4(7)8;2*3-2(4)1-5;3-1-2-4/h1-2H,(H,5,6)(H,7,8);2*5H,1H2,(H,3,4);3-4H,1-2H2/b2-1-;;;. The van der Waals surface area contributed by atoms with Crippen LogP contribution in [0.15, 0.2) is 12.2 Å². The number of aliphatic hydroxyl groups is 2. The summed E-state index contributed by atoms with van der Waals surface area (Å²) in [5, 5.41) is 46.2. The van der Waals surface area contributed by atoms with E-state index in [0.717, 1.165) is 0 Å². The van der Waals surface area contributed by atoms with Gasteiger partial charge in [0.2, 0.25) is 0 Å². The highest BCUT2D eigenvalue weighted by Gasteiger charge is 1.88. The molecule has 0 aliphatic rings. The van der Waals surface area contributed by atoms with E-state index < -0.39 is 23.9 Å². The molecule has 0 spiro atoms. The Morgan fingerprint density at radius 3 is 0.909 bits per heavy atom. The van der Waals surface area contributed by atoms with Crippen LogP contribution in [0.4, 0.5) is 0 Å². The van der Waals surface area contributed by atoms with E-state index in [-0.39, 0.29) is 24.7 Å². The highest BCUT2D eigenvalue weighted by molar-refractivity contribution is 7.81. The Morgan fingerprint density at radius 1 is 0.682 bits per heavy atom. The third kappa shape index (κ3) is 79.8. The smallest absolute Gasteiger partial charge is 0.328 e. The van der Waals surface area contributed by atoms with E-state index in [2.05, 4.69) is 25.3 Å². The van der Waals surface area contributed by atoms with Crippen molar-refractivity contribution in [3.63, 3.8) is 0 Å². The molecule has 0 radical (unpaired) electrons. The van der Waals surface area contributed by atoms with Crippen molar-refractivity contribution in [3.05, 3.63) is 12.2 Å². The van der Waals surface area contributed by atoms with E-state index in [1.54, 1.807) is 0 Å². The van der Waals surface area contributed by atoms with Gasteiger partial charge in [0, 0.05) is 12.2 Å². The molecule has 0 bridgehead atoms. The van der Waals surface area contributed by atoms with Crippen molar-refractivity contribution < 1.29 is 49.8 Å². The van der Waals surface area contributed by atoms with Crippen molar-refractivity contribution in [1.82, 2.24) is 0 Å². The van der Waals surface area contributed by atoms with E-state index in [1.807, 2.05) is 0 Å². The molecule has 6 N–H and O–H groups in total. The second-order valence-electron chi connectivity index (χ2n) is 2.56. The minimum atomic E-state index is -1.26. The van der Waals surface area contributed by atoms with Crippen LogP contribution in [0.25, 0.3) is 0 Å². The monoisotopic (exact) mass is 362 g/mol. The summed E-state index contributed by atoms with van der Waals surface area (Å²) >= 11 is 6.83. The van der Waals surface area contributed by atoms with Crippen LogP contribution in [0.5, 0.6) is 0 Å². The number of hydrogen-bond donors (Lipinski definition) is 8. The molecule has 0 rings (SSSR count). The molecule has 0 aliphatic carbocycles. The van der Waals surface area contributed by atoms with Gasteiger partial charge < -0.3 is 30.6 Å². The van der Waals surface area contributed by atoms with Crippen LogP contribution in [0.1, 0.15) is 0 Å². The number of aliphatic carboxylic acids is 4. The molecular formula is C10H18O10S2. The lowest BCUT2D eigenvalue weighted by Crippen LogP contribution is -1.92. The summed E-state index contributed by atoms with van der Waals surface area (Å²) in [5.74, 6) is -4.44. The molecule has 0 unspecified atom stereocenters. The van der Waals surface area contributed by atoms with Crippen LogP contribution >= 0.6 is 25.3 Å². The molecule has 22 heavy (non-hydrogen) atoms. The maximum absolute atomic E-state index is 9.55. The topological polar surface area (TPSA) is 190 Å². The maximum atomic E-state index is 9.55. The zero-order valence-corrected chi connectivity index (χ0v) is 13.0. The summed E-state index contributed by atoms with van der Waals surface area (Å²) in [6, 6.07) is 0. The zero-order chi connectivity index (χ0) is 18.6. The molecule has 0 aliphatic heterocycles.